The van der Waals surface area contributed by atoms with Crippen LogP contribution >= 0.6 is 0 Å². The number of fused-ring (bicyclic) bond motifs is 1. The van der Waals surface area contributed by atoms with E-state index in [1.807, 2.05) is 24.3 Å². The zero-order valence-corrected chi connectivity index (χ0v) is 17.7. The summed E-state index contributed by atoms with van der Waals surface area (Å²) in [6.45, 7) is 3.71. The van der Waals surface area contributed by atoms with E-state index < -0.39 is 23.3 Å². The van der Waals surface area contributed by atoms with Crippen LogP contribution < -0.4 is 5.43 Å². The third-order valence-electron chi connectivity index (χ3n) is 5.14. The van der Waals surface area contributed by atoms with Gasteiger partial charge in [0, 0.05) is 18.9 Å². The lowest BCUT2D eigenvalue weighted by molar-refractivity contribution is 0.0524. The highest BCUT2D eigenvalue weighted by Gasteiger charge is 2.19. The SMILES string of the molecule is CCOC(=O)c1cn(Cc2ccc(-n3ccc(C(C)O)n3)cc2)c2cccc(F)c2c1=O. The van der Waals surface area contributed by atoms with Crippen LogP contribution in [0.3, 0.4) is 0 Å². The third-order valence-corrected chi connectivity index (χ3v) is 5.14. The lowest BCUT2D eigenvalue weighted by Gasteiger charge is -2.14. The second-order valence-corrected chi connectivity index (χ2v) is 7.38. The quantitative estimate of drug-likeness (QED) is 0.468. The van der Waals surface area contributed by atoms with Crippen molar-refractivity contribution in [1.29, 1.82) is 0 Å². The van der Waals surface area contributed by atoms with Crippen molar-refractivity contribution < 1.29 is 19.0 Å². The molecular weight excluding hydrogens is 413 g/mol. The van der Waals surface area contributed by atoms with Crippen molar-refractivity contribution in [2.24, 2.45) is 0 Å². The van der Waals surface area contributed by atoms with Gasteiger partial charge in [-0.15, -0.1) is 0 Å². The molecule has 2 aromatic heterocycles. The van der Waals surface area contributed by atoms with Gasteiger partial charge in [0.25, 0.3) is 0 Å². The van der Waals surface area contributed by atoms with Crippen molar-refractivity contribution in [3.8, 4) is 5.69 Å². The Hall–Kier alpha value is -3.78. The molecule has 0 aliphatic carbocycles. The van der Waals surface area contributed by atoms with Crippen LogP contribution in [0.1, 0.15) is 41.6 Å². The Morgan fingerprint density at radius 2 is 1.94 bits per heavy atom. The number of ether oxygens (including phenoxy) is 1. The van der Waals surface area contributed by atoms with Crippen LogP contribution in [0.4, 0.5) is 4.39 Å². The number of rotatable bonds is 6. The van der Waals surface area contributed by atoms with E-state index in [9.17, 15) is 19.1 Å². The number of benzene rings is 2. The van der Waals surface area contributed by atoms with Gasteiger partial charge in [-0.3, -0.25) is 4.79 Å². The zero-order valence-electron chi connectivity index (χ0n) is 17.7. The average molecular weight is 435 g/mol. The van der Waals surface area contributed by atoms with Crippen molar-refractivity contribution in [3.05, 3.63) is 93.8 Å². The molecule has 0 aliphatic heterocycles. The molecular formula is C24H22FN3O4. The first-order chi connectivity index (χ1) is 15.4. The van der Waals surface area contributed by atoms with Crippen LogP contribution in [-0.2, 0) is 11.3 Å². The summed E-state index contributed by atoms with van der Waals surface area (Å²) in [4.78, 5) is 25.0. The Morgan fingerprint density at radius 3 is 2.59 bits per heavy atom. The maximum atomic E-state index is 14.5. The molecule has 2 aromatic carbocycles. The number of halogens is 1. The van der Waals surface area contributed by atoms with E-state index in [-0.39, 0.29) is 17.6 Å². The number of hydrogen-bond donors (Lipinski definition) is 1. The van der Waals surface area contributed by atoms with Crippen LogP contribution in [-0.4, -0.2) is 32.0 Å². The number of hydrogen-bond acceptors (Lipinski definition) is 5. The molecule has 1 atom stereocenters. The molecule has 1 unspecified atom stereocenters. The summed E-state index contributed by atoms with van der Waals surface area (Å²) < 4.78 is 22.8. The normalized spacial score (nSPS) is 12.1. The van der Waals surface area contributed by atoms with Gasteiger partial charge in [0.2, 0.25) is 5.43 Å². The smallest absolute Gasteiger partial charge is 0.343 e. The minimum atomic E-state index is -0.778. The molecule has 0 radical (unpaired) electrons. The fraction of sp³-hybridized carbons (Fsp3) is 0.208. The molecule has 7 nitrogen and oxygen atoms in total. The van der Waals surface area contributed by atoms with E-state index >= 15 is 0 Å². The van der Waals surface area contributed by atoms with Gasteiger partial charge in [0.15, 0.2) is 0 Å². The third kappa shape index (κ3) is 4.04. The summed E-state index contributed by atoms with van der Waals surface area (Å²) in [6.07, 6.45) is 2.53. The maximum absolute atomic E-state index is 14.5. The molecule has 0 bridgehead atoms. The largest absolute Gasteiger partial charge is 0.462 e. The highest BCUT2D eigenvalue weighted by Crippen LogP contribution is 2.19. The molecule has 0 amide bonds. The second-order valence-electron chi connectivity index (χ2n) is 7.38. The van der Waals surface area contributed by atoms with E-state index in [4.69, 9.17) is 4.74 Å². The van der Waals surface area contributed by atoms with Crippen LogP contribution in [0.2, 0.25) is 0 Å². The Kier molecular flexibility index (Phi) is 5.87. The van der Waals surface area contributed by atoms with Gasteiger partial charge in [0.05, 0.1) is 35.0 Å². The van der Waals surface area contributed by atoms with Crippen LogP contribution in [0.15, 0.2) is 65.7 Å². The molecule has 0 saturated carbocycles. The van der Waals surface area contributed by atoms with Crippen molar-refractivity contribution in [2.75, 3.05) is 6.61 Å². The Morgan fingerprint density at radius 1 is 1.19 bits per heavy atom. The van der Waals surface area contributed by atoms with Crippen LogP contribution in [0, 0.1) is 5.82 Å². The molecule has 0 fully saturated rings. The number of carbonyl (C=O) groups excluding carboxylic acids is 1. The minimum Gasteiger partial charge on any atom is -0.462 e. The number of aromatic nitrogens is 3. The van der Waals surface area contributed by atoms with Gasteiger partial charge in [-0.25, -0.2) is 13.9 Å². The first-order valence-corrected chi connectivity index (χ1v) is 10.2. The lowest BCUT2D eigenvalue weighted by Crippen LogP contribution is -2.22. The average Bonchev–Trinajstić information content (AvgIpc) is 3.27. The van der Waals surface area contributed by atoms with E-state index in [1.165, 1.54) is 18.3 Å². The van der Waals surface area contributed by atoms with E-state index in [1.54, 1.807) is 41.4 Å². The molecule has 32 heavy (non-hydrogen) atoms. The van der Waals surface area contributed by atoms with E-state index in [2.05, 4.69) is 5.10 Å². The number of aliphatic hydroxyl groups excluding tert-OH is 1. The van der Waals surface area contributed by atoms with Crippen molar-refractivity contribution in [3.63, 3.8) is 0 Å². The number of nitrogens with zero attached hydrogens (tertiary/aromatic N) is 3. The van der Waals surface area contributed by atoms with E-state index in [0.717, 1.165) is 11.3 Å². The summed E-state index contributed by atoms with van der Waals surface area (Å²) in [5.41, 5.74) is 1.76. The lowest BCUT2D eigenvalue weighted by atomic mass is 10.1. The first-order valence-electron chi connectivity index (χ1n) is 10.2. The summed E-state index contributed by atoms with van der Waals surface area (Å²) in [5.74, 6) is -1.46. The van der Waals surface area contributed by atoms with Crippen molar-refractivity contribution in [2.45, 2.75) is 26.5 Å². The van der Waals surface area contributed by atoms with Gasteiger partial charge in [-0.1, -0.05) is 18.2 Å². The van der Waals surface area contributed by atoms with Gasteiger partial charge < -0.3 is 14.4 Å². The molecule has 1 N–H and O–H groups in total. The fourth-order valence-electron chi connectivity index (χ4n) is 3.54. The van der Waals surface area contributed by atoms with Crippen molar-refractivity contribution >= 4 is 16.9 Å². The molecule has 2 heterocycles. The maximum Gasteiger partial charge on any atom is 0.343 e. The summed E-state index contributed by atoms with van der Waals surface area (Å²) in [7, 11) is 0. The molecule has 0 saturated heterocycles. The predicted octanol–water partition coefficient (Wildman–Crippen LogP) is 3.60. The van der Waals surface area contributed by atoms with Crippen molar-refractivity contribution in [1.82, 2.24) is 14.3 Å². The summed E-state index contributed by atoms with van der Waals surface area (Å²) in [6, 6.07) is 13.6. The Balaban J connectivity index is 1.72. The standard InChI is InChI=1S/C24H22FN3O4/c1-3-32-24(31)18-14-27(21-6-4-5-19(25)22(21)23(18)30)13-16-7-9-17(10-8-16)28-12-11-20(26-28)15(2)29/h4-12,14-15,29H,3,13H2,1-2H3. The van der Waals surface area contributed by atoms with Gasteiger partial charge in [-0.2, -0.15) is 5.10 Å². The Labute approximate surface area is 183 Å². The molecule has 4 aromatic rings. The number of esters is 1. The zero-order chi connectivity index (χ0) is 22.8. The molecule has 0 spiro atoms. The monoisotopic (exact) mass is 435 g/mol. The van der Waals surface area contributed by atoms with Gasteiger partial charge in [-0.05, 0) is 49.7 Å². The molecule has 0 aliphatic rings. The predicted molar refractivity (Wildman–Crippen MR) is 117 cm³/mol. The Bertz CT molecular complexity index is 1340. The fourth-order valence-corrected chi connectivity index (χ4v) is 3.54. The molecule has 4 rings (SSSR count). The van der Waals surface area contributed by atoms with Crippen LogP contribution in [0.25, 0.3) is 16.6 Å². The molecule has 164 valence electrons. The highest BCUT2D eigenvalue weighted by atomic mass is 19.1. The molecule has 8 heteroatoms. The summed E-state index contributed by atoms with van der Waals surface area (Å²) in [5, 5.41) is 13.8. The summed E-state index contributed by atoms with van der Waals surface area (Å²) >= 11 is 0. The van der Waals surface area contributed by atoms with Gasteiger partial charge >= 0.3 is 5.97 Å². The van der Waals surface area contributed by atoms with Crippen LogP contribution in [0.5, 0.6) is 0 Å². The first kappa shape index (κ1) is 21.5. The topological polar surface area (TPSA) is 86.3 Å². The number of aliphatic hydroxyl groups is 1. The number of carbonyl (C=O) groups is 1. The minimum absolute atomic E-state index is 0.110. The second kappa shape index (κ2) is 8.76. The highest BCUT2D eigenvalue weighted by molar-refractivity contribution is 5.94. The van der Waals surface area contributed by atoms with E-state index in [0.29, 0.717) is 17.8 Å². The number of pyridine rings is 1. The van der Waals surface area contributed by atoms with Gasteiger partial charge in [0.1, 0.15) is 11.4 Å².